The molecule has 1 saturated carbocycles. The highest BCUT2D eigenvalue weighted by atomic mass is 15.1. The average molecular weight is 246 g/mol. The summed E-state index contributed by atoms with van der Waals surface area (Å²) >= 11 is 0. The zero-order valence-electron chi connectivity index (χ0n) is 12.0. The molecule has 0 saturated heterocycles. The zero-order chi connectivity index (χ0) is 13.0. The first-order chi connectivity index (χ1) is 8.72. The SMILES string of the molecule is CNCc1cc(C)ccc1N(C)C1CCCCC1. The largest absolute Gasteiger partial charge is 0.371 e. The maximum Gasteiger partial charge on any atom is 0.0411 e. The number of nitrogens with one attached hydrogen (secondary N) is 1. The van der Waals surface area contributed by atoms with Crippen LogP contribution in [0.5, 0.6) is 0 Å². The van der Waals surface area contributed by atoms with Crippen LogP contribution in [0.15, 0.2) is 18.2 Å². The third-order valence-electron chi connectivity index (χ3n) is 4.10. The Hall–Kier alpha value is -1.02. The Balaban J connectivity index is 2.19. The summed E-state index contributed by atoms with van der Waals surface area (Å²) in [5, 5.41) is 3.28. The van der Waals surface area contributed by atoms with Crippen molar-refractivity contribution in [2.24, 2.45) is 0 Å². The smallest absolute Gasteiger partial charge is 0.0411 e. The molecule has 0 spiro atoms. The number of benzene rings is 1. The molecule has 1 aromatic rings. The summed E-state index contributed by atoms with van der Waals surface area (Å²) in [6, 6.07) is 7.56. The van der Waals surface area contributed by atoms with Gasteiger partial charge < -0.3 is 10.2 Å². The van der Waals surface area contributed by atoms with Crippen molar-refractivity contribution in [2.45, 2.75) is 51.6 Å². The first-order valence-electron chi connectivity index (χ1n) is 7.19. The van der Waals surface area contributed by atoms with Crippen molar-refractivity contribution in [3.05, 3.63) is 29.3 Å². The van der Waals surface area contributed by atoms with E-state index in [0.717, 1.165) is 12.6 Å². The number of aryl methyl sites for hydroxylation is 1. The van der Waals surface area contributed by atoms with Crippen LogP contribution in [-0.2, 0) is 6.54 Å². The molecule has 2 nitrogen and oxygen atoms in total. The standard InChI is InChI=1S/C16H26N2/c1-13-9-10-16(14(11-13)12-17-2)18(3)15-7-5-4-6-8-15/h9-11,15,17H,4-8,12H2,1-3H3. The molecule has 0 amide bonds. The highest BCUT2D eigenvalue weighted by Crippen LogP contribution is 2.29. The van der Waals surface area contributed by atoms with Crippen LogP contribution in [0.1, 0.15) is 43.2 Å². The van der Waals surface area contributed by atoms with Gasteiger partial charge in [0.15, 0.2) is 0 Å². The van der Waals surface area contributed by atoms with Gasteiger partial charge in [0.25, 0.3) is 0 Å². The predicted molar refractivity (Wildman–Crippen MR) is 79.2 cm³/mol. The minimum atomic E-state index is 0.733. The second kappa shape index (κ2) is 6.24. The second-order valence-corrected chi connectivity index (χ2v) is 5.57. The average Bonchev–Trinajstić information content (AvgIpc) is 2.40. The molecule has 18 heavy (non-hydrogen) atoms. The molecule has 0 aromatic heterocycles. The van der Waals surface area contributed by atoms with E-state index in [1.807, 2.05) is 7.05 Å². The van der Waals surface area contributed by atoms with Crippen LogP contribution in [0.3, 0.4) is 0 Å². The van der Waals surface area contributed by atoms with Crippen LogP contribution in [0.25, 0.3) is 0 Å². The maximum absolute atomic E-state index is 3.28. The highest BCUT2D eigenvalue weighted by Gasteiger charge is 2.19. The van der Waals surface area contributed by atoms with Crippen LogP contribution < -0.4 is 10.2 Å². The van der Waals surface area contributed by atoms with Crippen LogP contribution in [0.2, 0.25) is 0 Å². The fraction of sp³-hybridized carbons (Fsp3) is 0.625. The van der Waals surface area contributed by atoms with Crippen LogP contribution >= 0.6 is 0 Å². The van der Waals surface area contributed by atoms with Gasteiger partial charge in [0, 0.05) is 25.3 Å². The normalized spacial score (nSPS) is 16.8. The minimum absolute atomic E-state index is 0.733. The molecule has 2 heteroatoms. The summed E-state index contributed by atoms with van der Waals surface area (Å²) in [6.45, 7) is 3.12. The number of hydrogen-bond acceptors (Lipinski definition) is 2. The van der Waals surface area contributed by atoms with E-state index in [2.05, 4.69) is 42.4 Å². The molecule has 0 radical (unpaired) electrons. The number of nitrogens with zero attached hydrogens (tertiary/aromatic N) is 1. The highest BCUT2D eigenvalue weighted by molar-refractivity contribution is 5.55. The van der Waals surface area contributed by atoms with Crippen molar-refractivity contribution in [3.63, 3.8) is 0 Å². The van der Waals surface area contributed by atoms with Crippen molar-refractivity contribution >= 4 is 5.69 Å². The van der Waals surface area contributed by atoms with Gasteiger partial charge in [-0.1, -0.05) is 37.0 Å². The quantitative estimate of drug-likeness (QED) is 0.875. The summed E-state index contributed by atoms with van der Waals surface area (Å²) in [4.78, 5) is 2.51. The summed E-state index contributed by atoms with van der Waals surface area (Å²) in [5.41, 5.74) is 4.17. The topological polar surface area (TPSA) is 15.3 Å². The first kappa shape index (κ1) is 13.4. The molecule has 0 atom stereocenters. The zero-order valence-corrected chi connectivity index (χ0v) is 12.0. The summed E-state index contributed by atoms with van der Waals surface area (Å²) in [6.07, 6.45) is 6.90. The first-order valence-corrected chi connectivity index (χ1v) is 7.19. The molecule has 2 rings (SSSR count). The summed E-state index contributed by atoms with van der Waals surface area (Å²) in [7, 11) is 4.28. The Bertz CT molecular complexity index is 381. The van der Waals surface area contributed by atoms with E-state index < -0.39 is 0 Å². The van der Waals surface area contributed by atoms with Gasteiger partial charge in [-0.05, 0) is 38.4 Å². The van der Waals surface area contributed by atoms with E-state index in [9.17, 15) is 0 Å². The van der Waals surface area contributed by atoms with E-state index >= 15 is 0 Å². The Morgan fingerprint density at radius 2 is 1.94 bits per heavy atom. The number of hydrogen-bond donors (Lipinski definition) is 1. The van der Waals surface area contributed by atoms with Crippen molar-refractivity contribution < 1.29 is 0 Å². The van der Waals surface area contributed by atoms with Crippen molar-refractivity contribution in [2.75, 3.05) is 19.0 Å². The Labute approximate surface area is 111 Å². The molecule has 0 unspecified atom stereocenters. The molecule has 0 heterocycles. The van der Waals surface area contributed by atoms with E-state index in [0.29, 0.717) is 0 Å². The van der Waals surface area contributed by atoms with Gasteiger partial charge in [-0.15, -0.1) is 0 Å². The predicted octanol–water partition coefficient (Wildman–Crippen LogP) is 3.48. The Morgan fingerprint density at radius 1 is 1.22 bits per heavy atom. The van der Waals surface area contributed by atoms with Gasteiger partial charge in [0.05, 0.1) is 0 Å². The molecule has 1 N–H and O–H groups in total. The Morgan fingerprint density at radius 3 is 2.61 bits per heavy atom. The van der Waals surface area contributed by atoms with E-state index in [4.69, 9.17) is 0 Å². The summed E-state index contributed by atoms with van der Waals surface area (Å²) < 4.78 is 0. The third kappa shape index (κ3) is 3.05. The van der Waals surface area contributed by atoms with Crippen molar-refractivity contribution in [3.8, 4) is 0 Å². The lowest BCUT2D eigenvalue weighted by Crippen LogP contribution is -2.34. The molecule has 1 aromatic carbocycles. The van der Waals surface area contributed by atoms with Crippen molar-refractivity contribution in [1.82, 2.24) is 5.32 Å². The van der Waals surface area contributed by atoms with Crippen molar-refractivity contribution in [1.29, 1.82) is 0 Å². The molecule has 0 bridgehead atoms. The van der Waals surface area contributed by atoms with E-state index in [1.54, 1.807) is 0 Å². The second-order valence-electron chi connectivity index (χ2n) is 5.57. The number of rotatable bonds is 4. The molecular weight excluding hydrogens is 220 g/mol. The van der Waals surface area contributed by atoms with Gasteiger partial charge in [-0.3, -0.25) is 0 Å². The van der Waals surface area contributed by atoms with Crippen LogP contribution in [0.4, 0.5) is 5.69 Å². The lowest BCUT2D eigenvalue weighted by atomic mass is 9.93. The van der Waals surface area contributed by atoms with Gasteiger partial charge >= 0.3 is 0 Å². The van der Waals surface area contributed by atoms with E-state index in [1.165, 1.54) is 48.9 Å². The van der Waals surface area contributed by atoms with Gasteiger partial charge in [-0.2, -0.15) is 0 Å². The lowest BCUT2D eigenvalue weighted by molar-refractivity contribution is 0.427. The van der Waals surface area contributed by atoms with Gasteiger partial charge in [0.1, 0.15) is 0 Å². The van der Waals surface area contributed by atoms with Crippen LogP contribution in [0, 0.1) is 6.92 Å². The molecular formula is C16H26N2. The fourth-order valence-corrected chi connectivity index (χ4v) is 3.06. The third-order valence-corrected chi connectivity index (χ3v) is 4.10. The number of anilines is 1. The fourth-order valence-electron chi connectivity index (χ4n) is 3.06. The maximum atomic E-state index is 3.28. The molecule has 0 aliphatic heterocycles. The minimum Gasteiger partial charge on any atom is -0.371 e. The molecule has 1 fully saturated rings. The lowest BCUT2D eigenvalue weighted by Gasteiger charge is -2.34. The molecule has 1 aliphatic rings. The summed E-state index contributed by atoms with van der Waals surface area (Å²) in [5.74, 6) is 0. The molecule has 1 aliphatic carbocycles. The van der Waals surface area contributed by atoms with Gasteiger partial charge in [-0.25, -0.2) is 0 Å². The monoisotopic (exact) mass is 246 g/mol. The van der Waals surface area contributed by atoms with E-state index in [-0.39, 0.29) is 0 Å². The van der Waals surface area contributed by atoms with Gasteiger partial charge in [0.2, 0.25) is 0 Å². The van der Waals surface area contributed by atoms with Crippen LogP contribution in [-0.4, -0.2) is 20.1 Å². The molecule has 100 valence electrons. The Kier molecular flexibility index (Phi) is 4.65.